The van der Waals surface area contributed by atoms with Crippen molar-refractivity contribution in [3.8, 4) is 9.88 Å². The Hall–Kier alpha value is -1.80. The Kier molecular flexibility index (Phi) is 6.06. The van der Waals surface area contributed by atoms with E-state index in [1.165, 1.54) is 34.8 Å². The molecule has 0 N–H and O–H groups in total. The molecule has 8 heteroatoms. The van der Waals surface area contributed by atoms with Gasteiger partial charge in [-0.15, -0.1) is 22.7 Å². The third-order valence-corrected chi connectivity index (χ3v) is 6.95. The van der Waals surface area contributed by atoms with Gasteiger partial charge < -0.3 is 4.90 Å². The Morgan fingerprint density at radius 3 is 2.68 bits per heavy atom. The molecule has 0 atom stereocenters. The minimum Gasteiger partial charge on any atom is -0.336 e. The maximum absolute atomic E-state index is 13.1. The summed E-state index contributed by atoms with van der Waals surface area (Å²) in [6.45, 7) is 3.86. The lowest BCUT2D eigenvalue weighted by molar-refractivity contribution is 0.0756. The number of benzene rings is 1. The zero-order valence-electron chi connectivity index (χ0n) is 15.1. The van der Waals surface area contributed by atoms with Crippen molar-refractivity contribution in [3.05, 3.63) is 63.2 Å². The fourth-order valence-corrected chi connectivity index (χ4v) is 5.17. The molecule has 0 unspecified atom stereocenters. The van der Waals surface area contributed by atoms with Crippen LogP contribution in [-0.2, 0) is 6.54 Å². The Bertz CT molecular complexity index is 957. The van der Waals surface area contributed by atoms with Crippen LogP contribution >= 0.6 is 34.3 Å². The van der Waals surface area contributed by atoms with Gasteiger partial charge in [0.15, 0.2) is 0 Å². The molecule has 3 aromatic rings. The minimum atomic E-state index is -0.219. The van der Waals surface area contributed by atoms with Crippen LogP contribution in [0.4, 0.5) is 4.39 Å². The largest absolute Gasteiger partial charge is 0.336 e. The van der Waals surface area contributed by atoms with E-state index in [4.69, 9.17) is 11.6 Å². The van der Waals surface area contributed by atoms with Crippen molar-refractivity contribution >= 4 is 40.2 Å². The molecule has 2 aromatic heterocycles. The number of nitrogens with zero attached hydrogens (tertiary/aromatic N) is 3. The van der Waals surface area contributed by atoms with Gasteiger partial charge in [0.05, 0.1) is 9.21 Å². The molecule has 0 aliphatic carbocycles. The molecule has 4 nitrogen and oxygen atoms in total. The van der Waals surface area contributed by atoms with E-state index in [1.807, 2.05) is 34.5 Å². The predicted octanol–water partition coefficient (Wildman–Crippen LogP) is 5.01. The average molecular weight is 436 g/mol. The second-order valence-electron chi connectivity index (χ2n) is 6.69. The first-order valence-electron chi connectivity index (χ1n) is 9.06. The molecule has 146 valence electrons. The molecule has 1 aliphatic heterocycles. The zero-order chi connectivity index (χ0) is 19.5. The summed E-state index contributed by atoms with van der Waals surface area (Å²) in [4.78, 5) is 22.6. The summed E-state index contributed by atoms with van der Waals surface area (Å²) in [5, 5.41) is 2.65. The van der Waals surface area contributed by atoms with Crippen LogP contribution in [0, 0.1) is 5.82 Å². The van der Waals surface area contributed by atoms with Gasteiger partial charge in [-0.05, 0) is 36.2 Å². The zero-order valence-corrected chi connectivity index (χ0v) is 17.5. The van der Waals surface area contributed by atoms with Crippen LogP contribution in [0.1, 0.15) is 22.5 Å². The SMILES string of the molecule is O=C(c1csc(-c2ccc(Cl)s2)n1)N1CCCN(Cc2ccc(F)cc2)CC1. The standard InChI is InChI=1S/C20H19ClFN3OS2/c21-18-7-6-17(28-18)19-23-16(13-27-19)20(26)25-9-1-8-24(10-11-25)12-14-2-4-15(22)5-3-14/h2-7,13H,1,8-12H2. The van der Waals surface area contributed by atoms with Gasteiger partial charge in [0.1, 0.15) is 16.5 Å². The molecule has 0 spiro atoms. The van der Waals surface area contributed by atoms with E-state index in [0.717, 1.165) is 48.0 Å². The van der Waals surface area contributed by atoms with E-state index in [9.17, 15) is 9.18 Å². The molecule has 0 bridgehead atoms. The summed E-state index contributed by atoms with van der Waals surface area (Å²) in [5.74, 6) is -0.238. The highest BCUT2D eigenvalue weighted by Crippen LogP contribution is 2.33. The maximum Gasteiger partial charge on any atom is 0.273 e. The Labute approximate surface area is 176 Å². The first kappa shape index (κ1) is 19.5. The van der Waals surface area contributed by atoms with E-state index < -0.39 is 0 Å². The molecular formula is C20H19ClFN3OS2. The van der Waals surface area contributed by atoms with E-state index >= 15 is 0 Å². The third-order valence-electron chi connectivity index (χ3n) is 4.70. The summed E-state index contributed by atoms with van der Waals surface area (Å²) in [7, 11) is 0. The van der Waals surface area contributed by atoms with E-state index in [1.54, 1.807) is 0 Å². The van der Waals surface area contributed by atoms with Crippen molar-refractivity contribution in [1.29, 1.82) is 0 Å². The summed E-state index contributed by atoms with van der Waals surface area (Å²) < 4.78 is 13.8. The lowest BCUT2D eigenvalue weighted by Gasteiger charge is -2.21. The number of thiophene rings is 1. The van der Waals surface area contributed by atoms with Gasteiger partial charge in [0, 0.05) is 38.1 Å². The minimum absolute atomic E-state index is 0.0196. The fourth-order valence-electron chi connectivity index (χ4n) is 3.26. The summed E-state index contributed by atoms with van der Waals surface area (Å²) in [6, 6.07) is 10.4. The van der Waals surface area contributed by atoms with Crippen molar-refractivity contribution in [1.82, 2.24) is 14.8 Å². The van der Waals surface area contributed by atoms with Gasteiger partial charge in [0.2, 0.25) is 0 Å². The van der Waals surface area contributed by atoms with Crippen LogP contribution in [0.3, 0.4) is 0 Å². The lowest BCUT2D eigenvalue weighted by atomic mass is 10.2. The van der Waals surface area contributed by atoms with Crippen LogP contribution in [0.15, 0.2) is 41.8 Å². The van der Waals surface area contributed by atoms with Crippen molar-refractivity contribution in [2.45, 2.75) is 13.0 Å². The van der Waals surface area contributed by atoms with Gasteiger partial charge >= 0.3 is 0 Å². The van der Waals surface area contributed by atoms with Gasteiger partial charge in [-0.3, -0.25) is 9.69 Å². The molecule has 1 saturated heterocycles. The molecule has 1 aliphatic rings. The van der Waals surface area contributed by atoms with E-state index in [0.29, 0.717) is 16.6 Å². The Balaban J connectivity index is 1.38. The third kappa shape index (κ3) is 4.60. The van der Waals surface area contributed by atoms with Crippen LogP contribution in [0.25, 0.3) is 9.88 Å². The molecule has 3 heterocycles. The van der Waals surface area contributed by atoms with Crippen LogP contribution in [0.2, 0.25) is 4.34 Å². The second kappa shape index (κ2) is 8.69. The number of amides is 1. The highest BCUT2D eigenvalue weighted by molar-refractivity contribution is 7.23. The molecular weight excluding hydrogens is 417 g/mol. The molecule has 1 aromatic carbocycles. The number of thiazole rings is 1. The van der Waals surface area contributed by atoms with Crippen molar-refractivity contribution in [2.24, 2.45) is 0 Å². The smallest absolute Gasteiger partial charge is 0.273 e. The normalized spacial score (nSPS) is 15.6. The molecule has 1 amide bonds. The number of carbonyl (C=O) groups excluding carboxylic acids is 1. The summed E-state index contributed by atoms with van der Waals surface area (Å²) in [5.41, 5.74) is 1.58. The first-order valence-corrected chi connectivity index (χ1v) is 11.1. The van der Waals surface area contributed by atoms with Crippen molar-refractivity contribution in [3.63, 3.8) is 0 Å². The van der Waals surface area contributed by atoms with Gasteiger partial charge in [-0.1, -0.05) is 23.7 Å². The molecule has 0 radical (unpaired) electrons. The highest BCUT2D eigenvalue weighted by atomic mass is 35.5. The number of aromatic nitrogens is 1. The number of hydrogen-bond acceptors (Lipinski definition) is 5. The topological polar surface area (TPSA) is 36.4 Å². The van der Waals surface area contributed by atoms with Crippen LogP contribution in [-0.4, -0.2) is 46.9 Å². The van der Waals surface area contributed by atoms with Gasteiger partial charge in [-0.25, -0.2) is 9.37 Å². The monoisotopic (exact) mass is 435 g/mol. The summed E-state index contributed by atoms with van der Waals surface area (Å²) >= 11 is 8.93. The molecule has 4 rings (SSSR count). The van der Waals surface area contributed by atoms with Crippen molar-refractivity contribution in [2.75, 3.05) is 26.2 Å². The highest BCUT2D eigenvalue weighted by Gasteiger charge is 2.22. The number of hydrogen-bond donors (Lipinski definition) is 0. The predicted molar refractivity (Wildman–Crippen MR) is 113 cm³/mol. The molecule has 28 heavy (non-hydrogen) atoms. The van der Waals surface area contributed by atoms with E-state index in [2.05, 4.69) is 9.88 Å². The van der Waals surface area contributed by atoms with Crippen LogP contribution in [0.5, 0.6) is 0 Å². The Morgan fingerprint density at radius 2 is 1.93 bits per heavy atom. The quantitative estimate of drug-likeness (QED) is 0.577. The second-order valence-corrected chi connectivity index (χ2v) is 9.26. The van der Waals surface area contributed by atoms with E-state index in [-0.39, 0.29) is 11.7 Å². The Morgan fingerprint density at radius 1 is 1.11 bits per heavy atom. The molecule has 0 saturated carbocycles. The molecule has 1 fully saturated rings. The lowest BCUT2D eigenvalue weighted by Crippen LogP contribution is -2.35. The average Bonchev–Trinajstić information content (AvgIpc) is 3.28. The van der Waals surface area contributed by atoms with Crippen molar-refractivity contribution < 1.29 is 9.18 Å². The first-order chi connectivity index (χ1) is 13.6. The van der Waals surface area contributed by atoms with Gasteiger partial charge in [0.25, 0.3) is 5.91 Å². The number of carbonyl (C=O) groups is 1. The maximum atomic E-state index is 13.1. The fraction of sp³-hybridized carbons (Fsp3) is 0.300. The van der Waals surface area contributed by atoms with Gasteiger partial charge in [-0.2, -0.15) is 0 Å². The number of rotatable bonds is 4. The van der Waals surface area contributed by atoms with Crippen LogP contribution < -0.4 is 0 Å². The summed E-state index contributed by atoms with van der Waals surface area (Å²) in [6.07, 6.45) is 0.907. The number of halogens is 2.